The van der Waals surface area contributed by atoms with Gasteiger partial charge in [-0.2, -0.15) is 0 Å². The number of hydrogen-bond donors (Lipinski definition) is 2. The molecule has 1 heterocycles. The Bertz CT molecular complexity index is 1170. The fraction of sp³-hybridized carbons (Fsp3) is 0.367. The quantitative estimate of drug-likeness (QED) is 0.351. The zero-order valence-corrected chi connectivity index (χ0v) is 21.1. The van der Waals surface area contributed by atoms with Gasteiger partial charge in [0.1, 0.15) is 18.1 Å². The molecule has 0 aromatic heterocycles. The molecular weight excluding hydrogens is 456 g/mol. The molecule has 0 atom stereocenters. The molecule has 1 aliphatic heterocycles. The van der Waals surface area contributed by atoms with E-state index >= 15 is 0 Å². The van der Waals surface area contributed by atoms with E-state index in [0.717, 1.165) is 30.6 Å². The highest BCUT2D eigenvalue weighted by molar-refractivity contribution is 5.72. The first-order valence-electron chi connectivity index (χ1n) is 12.3. The van der Waals surface area contributed by atoms with Crippen molar-refractivity contribution < 1.29 is 29.2 Å². The predicted molar refractivity (Wildman–Crippen MR) is 139 cm³/mol. The predicted octanol–water partition coefficient (Wildman–Crippen LogP) is 7.06. The van der Waals surface area contributed by atoms with Crippen molar-refractivity contribution in [1.29, 1.82) is 0 Å². The van der Waals surface area contributed by atoms with Gasteiger partial charge in [-0.05, 0) is 96.3 Å². The third-order valence-corrected chi connectivity index (χ3v) is 6.54. The zero-order chi connectivity index (χ0) is 25.7. The van der Waals surface area contributed by atoms with Gasteiger partial charge >= 0.3 is 6.16 Å². The Balaban J connectivity index is 0.000000709. The summed E-state index contributed by atoms with van der Waals surface area (Å²) in [4.78, 5) is 8.56. The summed E-state index contributed by atoms with van der Waals surface area (Å²) in [5, 5.41) is 13.9. The van der Waals surface area contributed by atoms with Gasteiger partial charge in [-0.25, -0.2) is 4.79 Å². The lowest BCUT2D eigenvalue weighted by Gasteiger charge is -2.37. The Kier molecular flexibility index (Phi) is 7.85. The average molecular weight is 491 g/mol. The first-order valence-corrected chi connectivity index (χ1v) is 12.3. The molecule has 6 nitrogen and oxygen atoms in total. The van der Waals surface area contributed by atoms with Crippen molar-refractivity contribution in [2.45, 2.75) is 46.1 Å². The van der Waals surface area contributed by atoms with Gasteiger partial charge in [0.15, 0.2) is 0 Å². The topological polar surface area (TPSA) is 85.2 Å². The van der Waals surface area contributed by atoms with Crippen LogP contribution in [-0.4, -0.2) is 36.2 Å². The Morgan fingerprint density at radius 1 is 0.944 bits per heavy atom. The van der Waals surface area contributed by atoms with Crippen LogP contribution in [0.15, 0.2) is 60.7 Å². The molecule has 2 fully saturated rings. The molecule has 36 heavy (non-hydrogen) atoms. The van der Waals surface area contributed by atoms with E-state index in [-0.39, 0.29) is 5.41 Å². The molecule has 0 unspecified atom stereocenters. The van der Waals surface area contributed by atoms with Crippen LogP contribution < -0.4 is 9.47 Å². The molecule has 0 amide bonds. The molecule has 2 aliphatic rings. The molecule has 3 aromatic carbocycles. The largest absolute Gasteiger partial charge is 0.503 e. The van der Waals surface area contributed by atoms with Gasteiger partial charge in [-0.15, -0.1) is 0 Å². The Morgan fingerprint density at radius 2 is 1.58 bits per heavy atom. The van der Waals surface area contributed by atoms with Gasteiger partial charge in [-0.1, -0.05) is 37.3 Å². The SMILES string of the molecule is Cc1cc(OCC2(C)COC2)cc(C)c1-c1cccc(COc2ccc(C3CC3)cc2)c1.O=C(O)O. The molecular formula is C30H34O6. The third kappa shape index (κ3) is 6.79. The maximum atomic E-state index is 8.56. The summed E-state index contributed by atoms with van der Waals surface area (Å²) in [6.07, 6.45) is 0.820. The fourth-order valence-corrected chi connectivity index (χ4v) is 4.49. The third-order valence-electron chi connectivity index (χ3n) is 6.54. The lowest BCUT2D eigenvalue weighted by Crippen LogP contribution is -2.44. The first kappa shape index (κ1) is 25.6. The molecule has 6 heteroatoms. The summed E-state index contributed by atoms with van der Waals surface area (Å²) >= 11 is 0. The van der Waals surface area contributed by atoms with Gasteiger partial charge in [0.05, 0.1) is 19.8 Å². The van der Waals surface area contributed by atoms with Crippen LogP contribution in [0, 0.1) is 19.3 Å². The van der Waals surface area contributed by atoms with E-state index in [4.69, 9.17) is 29.2 Å². The summed E-state index contributed by atoms with van der Waals surface area (Å²) in [5.41, 5.74) is 7.70. The van der Waals surface area contributed by atoms with E-state index in [0.29, 0.717) is 13.2 Å². The van der Waals surface area contributed by atoms with Crippen LogP contribution >= 0.6 is 0 Å². The van der Waals surface area contributed by atoms with Crippen LogP contribution in [0.25, 0.3) is 11.1 Å². The lowest BCUT2D eigenvalue weighted by molar-refractivity contribution is -0.120. The highest BCUT2D eigenvalue weighted by atomic mass is 16.6. The van der Waals surface area contributed by atoms with Crippen molar-refractivity contribution in [3.63, 3.8) is 0 Å². The highest BCUT2D eigenvalue weighted by Gasteiger charge is 2.34. The van der Waals surface area contributed by atoms with Crippen LogP contribution in [0.3, 0.4) is 0 Å². The molecule has 1 saturated heterocycles. The molecule has 5 rings (SSSR count). The lowest BCUT2D eigenvalue weighted by atomic mass is 9.90. The van der Waals surface area contributed by atoms with E-state index in [1.54, 1.807) is 0 Å². The molecule has 1 aliphatic carbocycles. The van der Waals surface area contributed by atoms with E-state index in [1.807, 2.05) is 0 Å². The number of benzene rings is 3. The molecule has 3 aromatic rings. The number of rotatable bonds is 8. The summed E-state index contributed by atoms with van der Waals surface area (Å²) in [6.45, 7) is 9.35. The van der Waals surface area contributed by atoms with Crippen molar-refractivity contribution in [2.24, 2.45) is 5.41 Å². The van der Waals surface area contributed by atoms with E-state index in [2.05, 4.69) is 81.4 Å². The summed E-state index contributed by atoms with van der Waals surface area (Å²) in [7, 11) is 0. The minimum absolute atomic E-state index is 0.146. The maximum absolute atomic E-state index is 8.56. The van der Waals surface area contributed by atoms with Crippen LogP contribution in [0.2, 0.25) is 0 Å². The highest BCUT2D eigenvalue weighted by Crippen LogP contribution is 2.40. The Labute approximate surface area is 212 Å². The number of ether oxygens (including phenoxy) is 3. The second-order valence-electron chi connectivity index (χ2n) is 10.1. The van der Waals surface area contributed by atoms with Gasteiger partial charge in [-0.3, -0.25) is 0 Å². The van der Waals surface area contributed by atoms with Gasteiger partial charge in [0.2, 0.25) is 0 Å². The van der Waals surface area contributed by atoms with Crippen molar-refractivity contribution in [1.82, 2.24) is 0 Å². The van der Waals surface area contributed by atoms with Crippen LogP contribution in [0.1, 0.15) is 47.9 Å². The summed E-state index contributed by atoms with van der Waals surface area (Å²) in [6, 6.07) is 21.6. The Morgan fingerprint density at radius 3 is 2.14 bits per heavy atom. The van der Waals surface area contributed by atoms with Crippen LogP contribution in [0.5, 0.6) is 11.5 Å². The first-order chi connectivity index (χ1) is 17.2. The van der Waals surface area contributed by atoms with Crippen molar-refractivity contribution >= 4 is 6.16 Å². The number of hydrogen-bond acceptors (Lipinski definition) is 4. The normalized spacial score (nSPS) is 15.8. The molecule has 0 bridgehead atoms. The van der Waals surface area contributed by atoms with Gasteiger partial charge in [0.25, 0.3) is 0 Å². The van der Waals surface area contributed by atoms with Gasteiger partial charge in [0, 0.05) is 5.41 Å². The van der Waals surface area contributed by atoms with Gasteiger partial charge < -0.3 is 24.4 Å². The number of carbonyl (C=O) groups is 1. The fourth-order valence-electron chi connectivity index (χ4n) is 4.49. The zero-order valence-electron chi connectivity index (χ0n) is 21.1. The van der Waals surface area contributed by atoms with E-state index in [1.165, 1.54) is 46.2 Å². The summed E-state index contributed by atoms with van der Waals surface area (Å²) < 4.78 is 17.5. The van der Waals surface area contributed by atoms with Crippen molar-refractivity contribution in [3.05, 3.63) is 82.9 Å². The molecule has 2 N–H and O–H groups in total. The number of carboxylic acid groups (broad SMARTS) is 2. The monoisotopic (exact) mass is 490 g/mol. The number of aryl methyl sites for hydroxylation is 2. The standard InChI is InChI=1S/C29H32O3.CH2O3/c1-20-13-27(32-19-29(3)17-30-18-29)14-21(2)28(20)25-6-4-5-22(15-25)16-31-26-11-9-24(10-12-26)23-7-8-23;2-1(3)4/h4-6,9-15,23H,7-8,16-19H2,1-3H3;(H2,2,3,4). The minimum Gasteiger partial charge on any atom is -0.493 e. The average Bonchev–Trinajstić information content (AvgIpc) is 3.66. The summed E-state index contributed by atoms with van der Waals surface area (Å²) in [5.74, 6) is 2.64. The maximum Gasteiger partial charge on any atom is 0.503 e. The Hall–Kier alpha value is -3.51. The van der Waals surface area contributed by atoms with Crippen molar-refractivity contribution in [3.8, 4) is 22.6 Å². The molecule has 0 spiro atoms. The van der Waals surface area contributed by atoms with E-state index in [9.17, 15) is 0 Å². The smallest absolute Gasteiger partial charge is 0.493 e. The van der Waals surface area contributed by atoms with Crippen LogP contribution in [-0.2, 0) is 11.3 Å². The molecule has 0 radical (unpaired) electrons. The molecule has 190 valence electrons. The van der Waals surface area contributed by atoms with Crippen LogP contribution in [0.4, 0.5) is 4.79 Å². The minimum atomic E-state index is -1.83. The van der Waals surface area contributed by atoms with E-state index < -0.39 is 6.16 Å². The van der Waals surface area contributed by atoms with Crippen molar-refractivity contribution in [2.75, 3.05) is 19.8 Å². The molecule has 1 saturated carbocycles. The second kappa shape index (κ2) is 11.0. The second-order valence-corrected chi connectivity index (χ2v) is 10.1.